The molecule has 1 aromatic heterocycles. The Hall–Kier alpha value is -1.85. The van der Waals surface area contributed by atoms with E-state index in [1.165, 1.54) is 6.34 Å². The van der Waals surface area contributed by atoms with E-state index in [0.717, 1.165) is 0 Å². The summed E-state index contributed by atoms with van der Waals surface area (Å²) >= 11 is 0. The third kappa shape index (κ3) is 1.16. The smallest absolute Gasteiger partial charge is 0.280 e. The van der Waals surface area contributed by atoms with Crippen molar-refractivity contribution in [2.24, 2.45) is 4.99 Å². The molecule has 0 spiro atoms. The highest BCUT2D eigenvalue weighted by atomic mass is 16.1. The van der Waals surface area contributed by atoms with Crippen LogP contribution in [0.5, 0.6) is 0 Å². The fraction of sp³-hybridized carbons (Fsp3) is 0.286. The van der Waals surface area contributed by atoms with E-state index >= 15 is 0 Å². The van der Waals surface area contributed by atoms with Crippen molar-refractivity contribution in [2.75, 3.05) is 19.0 Å². The molecular formula is C7H8N5O. The summed E-state index contributed by atoms with van der Waals surface area (Å²) in [7, 11) is 3.58. The Labute approximate surface area is 74.3 Å². The fourth-order valence-electron chi connectivity index (χ4n) is 1.00. The van der Waals surface area contributed by atoms with Crippen LogP contribution >= 0.6 is 0 Å². The zero-order valence-corrected chi connectivity index (χ0v) is 7.27. The second-order valence-electron chi connectivity index (χ2n) is 2.83. The van der Waals surface area contributed by atoms with Crippen LogP contribution in [0.3, 0.4) is 0 Å². The highest BCUT2D eigenvalue weighted by molar-refractivity contribution is 5.79. The van der Waals surface area contributed by atoms with Gasteiger partial charge in [-0.3, -0.25) is 9.78 Å². The number of hydrogen-bond acceptors (Lipinski definition) is 4. The van der Waals surface area contributed by atoms with E-state index in [2.05, 4.69) is 20.3 Å². The van der Waals surface area contributed by atoms with Crippen LogP contribution in [-0.2, 0) is 0 Å². The summed E-state index contributed by atoms with van der Waals surface area (Å²) in [6.45, 7) is 0. The monoisotopic (exact) mass is 178 g/mol. The first-order chi connectivity index (χ1) is 6.18. The highest BCUT2D eigenvalue weighted by Gasteiger charge is 2.15. The van der Waals surface area contributed by atoms with Crippen molar-refractivity contribution >= 4 is 23.8 Å². The number of fused-ring (bicyclic) bond motifs is 1. The zero-order valence-electron chi connectivity index (χ0n) is 7.27. The van der Waals surface area contributed by atoms with Gasteiger partial charge in [-0.05, 0) is 0 Å². The summed E-state index contributed by atoms with van der Waals surface area (Å²) in [4.78, 5) is 23.5. The second-order valence-corrected chi connectivity index (χ2v) is 2.83. The van der Waals surface area contributed by atoms with Crippen LogP contribution < -0.4 is 15.8 Å². The van der Waals surface area contributed by atoms with Crippen LogP contribution in [-0.4, -0.2) is 30.4 Å². The lowest BCUT2D eigenvalue weighted by Crippen LogP contribution is -2.18. The lowest BCUT2D eigenvalue weighted by atomic mass is 10.5. The summed E-state index contributed by atoms with van der Waals surface area (Å²) in [5.41, 5.74) is 0.0248. The minimum atomic E-state index is -0.258. The largest absolute Gasteiger partial charge is 0.348 e. The SMILES string of the molecule is CN(C)c1nc2c(c(=O)[nH]1)N=C[N]2. The minimum Gasteiger partial charge on any atom is -0.348 e. The third-order valence-corrected chi connectivity index (χ3v) is 1.65. The van der Waals surface area contributed by atoms with Crippen LogP contribution in [0.2, 0.25) is 0 Å². The van der Waals surface area contributed by atoms with Gasteiger partial charge in [-0.15, -0.1) is 0 Å². The Balaban J connectivity index is 2.60. The summed E-state index contributed by atoms with van der Waals surface area (Å²) in [6.07, 6.45) is 1.33. The number of nitrogens with zero attached hydrogens (tertiary/aromatic N) is 4. The van der Waals surface area contributed by atoms with Gasteiger partial charge in [0.1, 0.15) is 6.34 Å². The lowest BCUT2D eigenvalue weighted by molar-refractivity contribution is 0.973. The number of rotatable bonds is 1. The molecule has 6 heteroatoms. The zero-order chi connectivity index (χ0) is 9.42. The topological polar surface area (TPSA) is 75.5 Å². The van der Waals surface area contributed by atoms with Gasteiger partial charge in [0.25, 0.3) is 5.56 Å². The molecule has 1 aliphatic rings. The molecule has 1 N–H and O–H groups in total. The van der Waals surface area contributed by atoms with Crippen LogP contribution in [0.25, 0.3) is 0 Å². The van der Waals surface area contributed by atoms with Crippen molar-refractivity contribution in [3.63, 3.8) is 0 Å². The van der Waals surface area contributed by atoms with Crippen molar-refractivity contribution in [1.82, 2.24) is 15.3 Å². The van der Waals surface area contributed by atoms with Crippen molar-refractivity contribution in [2.45, 2.75) is 0 Å². The Morgan fingerprint density at radius 3 is 2.92 bits per heavy atom. The maximum absolute atomic E-state index is 11.3. The molecule has 1 aromatic rings. The van der Waals surface area contributed by atoms with Gasteiger partial charge < -0.3 is 4.90 Å². The molecule has 0 atom stereocenters. The van der Waals surface area contributed by atoms with E-state index in [1.54, 1.807) is 19.0 Å². The maximum atomic E-state index is 11.3. The third-order valence-electron chi connectivity index (χ3n) is 1.65. The molecule has 67 valence electrons. The predicted octanol–water partition coefficient (Wildman–Crippen LogP) is -0.255. The molecule has 0 aromatic carbocycles. The molecule has 0 amide bonds. The fourth-order valence-corrected chi connectivity index (χ4v) is 1.00. The van der Waals surface area contributed by atoms with Gasteiger partial charge in [0.2, 0.25) is 5.95 Å². The van der Waals surface area contributed by atoms with E-state index < -0.39 is 0 Å². The molecule has 6 nitrogen and oxygen atoms in total. The first kappa shape index (κ1) is 7.78. The van der Waals surface area contributed by atoms with E-state index in [4.69, 9.17) is 0 Å². The quantitative estimate of drug-likeness (QED) is 0.644. The van der Waals surface area contributed by atoms with Crippen molar-refractivity contribution in [3.05, 3.63) is 10.4 Å². The molecule has 2 heterocycles. The van der Waals surface area contributed by atoms with Gasteiger partial charge in [-0.25, -0.2) is 10.3 Å². The van der Waals surface area contributed by atoms with Crippen LogP contribution in [0, 0.1) is 0 Å². The molecule has 2 rings (SSSR count). The number of anilines is 1. The Morgan fingerprint density at radius 2 is 2.23 bits per heavy atom. The van der Waals surface area contributed by atoms with Gasteiger partial charge >= 0.3 is 0 Å². The Bertz CT molecular complexity index is 419. The van der Waals surface area contributed by atoms with Gasteiger partial charge in [0, 0.05) is 14.1 Å². The second kappa shape index (κ2) is 2.58. The number of hydrogen-bond donors (Lipinski definition) is 1. The number of aromatic nitrogens is 2. The number of H-pyrrole nitrogens is 1. The van der Waals surface area contributed by atoms with Gasteiger partial charge in [0.05, 0.1) is 0 Å². The maximum Gasteiger partial charge on any atom is 0.280 e. The van der Waals surface area contributed by atoms with Crippen LogP contribution in [0.1, 0.15) is 0 Å². The van der Waals surface area contributed by atoms with E-state index in [1.807, 2.05) is 0 Å². The lowest BCUT2D eigenvalue weighted by Gasteiger charge is -2.10. The van der Waals surface area contributed by atoms with Gasteiger partial charge in [-0.1, -0.05) is 0 Å². The van der Waals surface area contributed by atoms with Gasteiger partial charge in [-0.2, -0.15) is 4.98 Å². The van der Waals surface area contributed by atoms with Crippen LogP contribution in [0.15, 0.2) is 9.79 Å². The number of aromatic amines is 1. The molecule has 0 aliphatic carbocycles. The van der Waals surface area contributed by atoms with Crippen molar-refractivity contribution < 1.29 is 0 Å². The molecule has 1 aliphatic heterocycles. The average molecular weight is 178 g/mol. The van der Waals surface area contributed by atoms with Crippen molar-refractivity contribution in [3.8, 4) is 0 Å². The summed E-state index contributed by atoms with van der Waals surface area (Å²) in [5, 5.41) is 3.85. The minimum absolute atomic E-state index is 0.258. The van der Waals surface area contributed by atoms with Crippen molar-refractivity contribution in [1.29, 1.82) is 0 Å². The highest BCUT2D eigenvalue weighted by Crippen LogP contribution is 2.21. The molecule has 0 fully saturated rings. The van der Waals surface area contributed by atoms with Gasteiger partial charge in [0.15, 0.2) is 11.5 Å². The average Bonchev–Trinajstić information content (AvgIpc) is 2.51. The molecule has 13 heavy (non-hydrogen) atoms. The molecule has 1 radical (unpaired) electrons. The summed E-state index contributed by atoms with van der Waals surface area (Å²) < 4.78 is 0. The van der Waals surface area contributed by atoms with E-state index in [0.29, 0.717) is 11.8 Å². The molecular weight excluding hydrogens is 170 g/mol. The Kier molecular flexibility index (Phi) is 1.54. The summed E-state index contributed by atoms with van der Waals surface area (Å²) in [5.74, 6) is 0.866. The standard InChI is InChI=1S/C7H8N5O/c1-12(2)7-10-5-4(6(13)11-7)8-3-9-5/h3H,1-2H3,(H,10,11,13). The summed E-state index contributed by atoms with van der Waals surface area (Å²) in [6, 6.07) is 0. The molecule has 0 saturated carbocycles. The number of nitrogens with one attached hydrogen (secondary N) is 1. The molecule has 0 saturated heterocycles. The number of aliphatic imine (C=N–C) groups is 1. The molecule has 0 bridgehead atoms. The predicted molar refractivity (Wildman–Crippen MR) is 49.1 cm³/mol. The van der Waals surface area contributed by atoms with Crippen LogP contribution in [0.4, 0.5) is 17.5 Å². The first-order valence-electron chi connectivity index (χ1n) is 3.73. The normalized spacial score (nSPS) is 12.5. The van der Waals surface area contributed by atoms with E-state index in [-0.39, 0.29) is 11.2 Å². The Morgan fingerprint density at radius 1 is 1.46 bits per heavy atom. The molecule has 0 unspecified atom stereocenters. The van der Waals surface area contributed by atoms with E-state index in [9.17, 15) is 4.79 Å². The first-order valence-corrected chi connectivity index (χ1v) is 3.73.